The van der Waals surface area contributed by atoms with Gasteiger partial charge in [-0.25, -0.2) is 9.59 Å². The molecule has 3 rings (SSSR count). The number of fused-ring (bicyclic) bond motifs is 1. The molecule has 0 fully saturated rings. The molecule has 3 aromatic rings. The number of aryl methyl sites for hydroxylation is 1. The molecule has 2 heterocycles. The number of hydrogen-bond donors (Lipinski definition) is 0. The van der Waals surface area contributed by atoms with E-state index >= 15 is 0 Å². The van der Waals surface area contributed by atoms with Gasteiger partial charge in [-0.05, 0) is 12.1 Å². The molecule has 0 bridgehead atoms. The molecule has 0 spiro atoms. The lowest BCUT2D eigenvalue weighted by Crippen LogP contribution is -2.25. The van der Waals surface area contributed by atoms with E-state index in [-0.39, 0.29) is 0 Å². The summed E-state index contributed by atoms with van der Waals surface area (Å²) in [5.41, 5.74) is 0.819. The Labute approximate surface area is 107 Å². The molecule has 1 aromatic carbocycles. The molecule has 0 saturated heterocycles. The van der Waals surface area contributed by atoms with Gasteiger partial charge < -0.3 is 4.42 Å². The highest BCUT2D eigenvalue weighted by atomic mass is 16.4. The van der Waals surface area contributed by atoms with Gasteiger partial charge in [0.1, 0.15) is 0 Å². The van der Waals surface area contributed by atoms with Gasteiger partial charge in [0.15, 0.2) is 0 Å². The fourth-order valence-corrected chi connectivity index (χ4v) is 2.06. The molecule has 96 valence electrons. The molecule has 0 unspecified atom stereocenters. The Hall–Kier alpha value is -2.63. The first-order valence-electron chi connectivity index (χ1n) is 5.75. The monoisotopic (exact) mass is 257 g/mol. The number of rotatable bonds is 2. The number of benzene rings is 1. The second-order valence-corrected chi connectivity index (χ2v) is 4.28. The van der Waals surface area contributed by atoms with Crippen molar-refractivity contribution < 1.29 is 4.42 Å². The highest BCUT2D eigenvalue weighted by Gasteiger charge is 2.09. The summed E-state index contributed by atoms with van der Waals surface area (Å²) in [6.45, 7) is 0.316. The Morgan fingerprint density at radius 3 is 2.79 bits per heavy atom. The van der Waals surface area contributed by atoms with Crippen molar-refractivity contribution in [3.63, 3.8) is 0 Å². The van der Waals surface area contributed by atoms with E-state index < -0.39 is 11.4 Å². The molecule has 0 aliphatic carbocycles. The molecule has 0 amide bonds. The fraction of sp³-hybridized carbons (Fsp3) is 0.154. The summed E-state index contributed by atoms with van der Waals surface area (Å²) in [6.07, 6.45) is 3.48. The summed E-state index contributed by atoms with van der Waals surface area (Å²) in [5.74, 6) is -0.660. The minimum Gasteiger partial charge on any atom is -0.372 e. The second kappa shape index (κ2) is 4.24. The Bertz CT molecular complexity index is 857. The number of hydrogen-bond acceptors (Lipinski definition) is 4. The molecule has 0 aliphatic rings. The van der Waals surface area contributed by atoms with Crippen LogP contribution < -0.4 is 11.4 Å². The highest BCUT2D eigenvalue weighted by Crippen LogP contribution is 2.09. The second-order valence-electron chi connectivity index (χ2n) is 4.28. The Morgan fingerprint density at radius 1 is 1.26 bits per heavy atom. The summed E-state index contributed by atoms with van der Waals surface area (Å²) in [7, 11) is 1.80. The van der Waals surface area contributed by atoms with Crippen LogP contribution in [0.15, 0.2) is 50.7 Å². The van der Waals surface area contributed by atoms with Crippen molar-refractivity contribution >= 4 is 10.9 Å². The lowest BCUT2D eigenvalue weighted by molar-refractivity contribution is 0.425. The lowest BCUT2D eigenvalue weighted by Gasteiger charge is -2.06. The van der Waals surface area contributed by atoms with Crippen LogP contribution in [0.1, 0.15) is 5.56 Å². The van der Waals surface area contributed by atoms with Gasteiger partial charge in [0.2, 0.25) is 0 Å². The van der Waals surface area contributed by atoms with Gasteiger partial charge in [-0.3, -0.25) is 9.25 Å². The lowest BCUT2D eigenvalue weighted by atomic mass is 10.2. The largest absolute Gasteiger partial charge is 0.422 e. The van der Waals surface area contributed by atoms with Gasteiger partial charge in [-0.15, -0.1) is 0 Å². The van der Waals surface area contributed by atoms with Crippen molar-refractivity contribution in [2.45, 2.75) is 6.54 Å². The number of para-hydroxylation sites is 1. The quantitative estimate of drug-likeness (QED) is 0.678. The summed E-state index contributed by atoms with van der Waals surface area (Å²) in [5, 5.41) is 4.44. The Kier molecular flexibility index (Phi) is 2.56. The van der Waals surface area contributed by atoms with Crippen LogP contribution in [0.25, 0.3) is 10.9 Å². The normalized spacial score (nSPS) is 11.0. The maximum atomic E-state index is 11.8. The number of aromatic nitrogens is 3. The molecule has 6 heteroatoms. The van der Waals surface area contributed by atoms with Gasteiger partial charge in [-0.2, -0.15) is 5.10 Å². The van der Waals surface area contributed by atoms with Crippen molar-refractivity contribution in [3.8, 4) is 0 Å². The molecule has 2 aromatic heterocycles. The first-order valence-corrected chi connectivity index (χ1v) is 5.75. The average Bonchev–Trinajstić information content (AvgIpc) is 2.80. The minimum atomic E-state index is -0.660. The zero-order valence-corrected chi connectivity index (χ0v) is 10.2. The van der Waals surface area contributed by atoms with Gasteiger partial charge in [0.25, 0.3) is 0 Å². The van der Waals surface area contributed by atoms with E-state index in [1.807, 2.05) is 6.20 Å². The van der Waals surface area contributed by atoms with Crippen molar-refractivity contribution in [2.24, 2.45) is 7.05 Å². The molecule has 0 N–H and O–H groups in total. The third-order valence-corrected chi connectivity index (χ3v) is 2.91. The maximum absolute atomic E-state index is 11.8. The molecule has 6 nitrogen and oxygen atoms in total. The van der Waals surface area contributed by atoms with Gasteiger partial charge in [0, 0.05) is 18.8 Å². The van der Waals surface area contributed by atoms with Crippen LogP contribution in [0.3, 0.4) is 0 Å². The molecule has 0 aliphatic heterocycles. The zero-order chi connectivity index (χ0) is 13.4. The molecular weight excluding hydrogens is 246 g/mol. The first-order chi connectivity index (χ1) is 9.15. The highest BCUT2D eigenvalue weighted by molar-refractivity contribution is 5.77. The summed E-state index contributed by atoms with van der Waals surface area (Å²) in [6, 6.07) is 6.88. The van der Waals surface area contributed by atoms with E-state index in [4.69, 9.17) is 4.42 Å². The van der Waals surface area contributed by atoms with Crippen LogP contribution in [0.2, 0.25) is 0 Å². The fourth-order valence-electron chi connectivity index (χ4n) is 2.06. The van der Waals surface area contributed by atoms with Crippen molar-refractivity contribution in [1.82, 2.24) is 14.3 Å². The van der Waals surface area contributed by atoms with E-state index in [1.54, 1.807) is 42.2 Å². The molecule has 0 saturated carbocycles. The van der Waals surface area contributed by atoms with E-state index in [0.717, 1.165) is 5.56 Å². The molecule has 19 heavy (non-hydrogen) atoms. The van der Waals surface area contributed by atoms with E-state index in [9.17, 15) is 9.59 Å². The third-order valence-electron chi connectivity index (χ3n) is 2.91. The van der Waals surface area contributed by atoms with Gasteiger partial charge in [0.05, 0.1) is 23.6 Å². The zero-order valence-electron chi connectivity index (χ0n) is 10.2. The van der Waals surface area contributed by atoms with Crippen molar-refractivity contribution in [1.29, 1.82) is 0 Å². The number of nitrogens with zero attached hydrogens (tertiary/aromatic N) is 3. The van der Waals surface area contributed by atoms with Crippen molar-refractivity contribution in [2.75, 3.05) is 0 Å². The van der Waals surface area contributed by atoms with Crippen LogP contribution >= 0.6 is 0 Å². The predicted molar refractivity (Wildman–Crippen MR) is 69.1 cm³/mol. The van der Waals surface area contributed by atoms with Crippen LogP contribution in [-0.4, -0.2) is 14.3 Å². The van der Waals surface area contributed by atoms with Gasteiger partial charge >= 0.3 is 11.4 Å². The first kappa shape index (κ1) is 11.5. The average molecular weight is 257 g/mol. The van der Waals surface area contributed by atoms with E-state index in [1.165, 1.54) is 4.57 Å². The Balaban J connectivity index is 2.23. The molecule has 0 radical (unpaired) electrons. The van der Waals surface area contributed by atoms with Crippen LogP contribution in [0.5, 0.6) is 0 Å². The minimum absolute atomic E-state index is 0.316. The standard InChI is InChI=1S/C13H11N3O3/c1-15-7-9(6-14-15)8-16-11-5-3-2-4-10(11)12(17)19-13(16)18/h2-7H,8H2,1H3. The SMILES string of the molecule is Cn1cc(Cn2c(=O)oc(=O)c3ccccc32)cn1. The summed E-state index contributed by atoms with van der Waals surface area (Å²) < 4.78 is 7.80. The van der Waals surface area contributed by atoms with Crippen LogP contribution in [0.4, 0.5) is 0 Å². The van der Waals surface area contributed by atoms with Crippen molar-refractivity contribution in [3.05, 3.63) is 63.2 Å². The Morgan fingerprint density at radius 2 is 2.05 bits per heavy atom. The molecular formula is C13H11N3O3. The summed E-state index contributed by atoms with van der Waals surface area (Å²) >= 11 is 0. The van der Waals surface area contributed by atoms with Gasteiger partial charge in [-0.1, -0.05) is 12.1 Å². The molecule has 0 atom stereocenters. The topological polar surface area (TPSA) is 70.0 Å². The maximum Gasteiger partial charge on any atom is 0.422 e. The van der Waals surface area contributed by atoms with E-state index in [0.29, 0.717) is 17.4 Å². The smallest absolute Gasteiger partial charge is 0.372 e. The predicted octanol–water partition coefficient (Wildman–Crippen LogP) is 0.736. The van der Waals surface area contributed by atoms with Crippen LogP contribution in [0, 0.1) is 0 Å². The van der Waals surface area contributed by atoms with E-state index in [2.05, 4.69) is 5.10 Å². The summed E-state index contributed by atoms with van der Waals surface area (Å²) in [4.78, 5) is 23.4. The van der Waals surface area contributed by atoms with Crippen LogP contribution in [-0.2, 0) is 13.6 Å². The third kappa shape index (κ3) is 1.97.